The first kappa shape index (κ1) is 58.4. The quantitative estimate of drug-likeness (QED) is 0.0460. The van der Waals surface area contributed by atoms with E-state index in [1.54, 1.807) is 0 Å². The van der Waals surface area contributed by atoms with Gasteiger partial charge in [-0.3, -0.25) is 4.79 Å². The highest BCUT2D eigenvalue weighted by Crippen LogP contribution is 2.18. The molecule has 0 aliphatic heterocycles. The number of aliphatic hydroxyl groups excluding tert-OH is 3. The lowest BCUT2D eigenvalue weighted by Crippen LogP contribution is -2.49. The zero-order valence-corrected chi connectivity index (χ0v) is 40.4. The third-order valence-corrected chi connectivity index (χ3v) is 13.2. The van der Waals surface area contributed by atoms with Crippen LogP contribution < -0.4 is 5.32 Å². The van der Waals surface area contributed by atoms with E-state index < -0.39 is 24.2 Å². The van der Waals surface area contributed by atoms with E-state index in [1.807, 2.05) is 0 Å². The molecule has 0 bridgehead atoms. The molecule has 354 valence electrons. The molecule has 3 atom stereocenters. The van der Waals surface area contributed by atoms with Crippen molar-refractivity contribution in [2.75, 3.05) is 6.61 Å². The molecule has 0 fully saturated rings. The maximum Gasteiger partial charge on any atom is 0.249 e. The van der Waals surface area contributed by atoms with E-state index in [-0.39, 0.29) is 6.61 Å². The third kappa shape index (κ3) is 45.2. The molecule has 0 rings (SSSR count). The minimum atomic E-state index is -1.07. The second-order valence-electron chi connectivity index (χ2n) is 19.2. The Labute approximate surface area is 370 Å². The molecular formula is C54H109NO4. The summed E-state index contributed by atoms with van der Waals surface area (Å²) in [5, 5.41) is 33.5. The van der Waals surface area contributed by atoms with Crippen LogP contribution in [0.5, 0.6) is 0 Å². The van der Waals surface area contributed by atoms with E-state index in [0.717, 1.165) is 32.1 Å². The first-order chi connectivity index (χ1) is 29.1. The largest absolute Gasteiger partial charge is 0.394 e. The van der Waals surface area contributed by atoms with Gasteiger partial charge in [0.15, 0.2) is 0 Å². The summed E-state index contributed by atoms with van der Waals surface area (Å²) in [7, 11) is 0. The molecule has 5 heteroatoms. The monoisotopic (exact) mass is 836 g/mol. The summed E-state index contributed by atoms with van der Waals surface area (Å²) in [6.45, 7) is 4.28. The van der Waals surface area contributed by atoms with Gasteiger partial charge in [0.2, 0.25) is 5.91 Å². The fourth-order valence-corrected chi connectivity index (χ4v) is 8.96. The molecule has 0 aromatic carbocycles. The third-order valence-electron chi connectivity index (χ3n) is 13.2. The molecule has 0 saturated heterocycles. The van der Waals surface area contributed by atoms with Crippen LogP contribution in [0.25, 0.3) is 0 Å². The number of rotatable bonds is 51. The number of unbranched alkanes of at least 4 members (excludes halogenated alkanes) is 43. The normalized spacial score (nSPS) is 13.2. The number of hydrogen-bond donors (Lipinski definition) is 4. The van der Waals surface area contributed by atoms with E-state index >= 15 is 0 Å². The predicted molar refractivity (Wildman–Crippen MR) is 259 cm³/mol. The highest BCUT2D eigenvalue weighted by Gasteiger charge is 2.23. The molecule has 0 aromatic rings. The predicted octanol–water partition coefficient (Wildman–Crippen LogP) is 16.6. The Balaban J connectivity index is 3.50. The Morgan fingerprint density at radius 3 is 0.763 bits per heavy atom. The zero-order valence-electron chi connectivity index (χ0n) is 40.4. The van der Waals surface area contributed by atoms with Crippen molar-refractivity contribution in [2.24, 2.45) is 0 Å². The van der Waals surface area contributed by atoms with Gasteiger partial charge in [-0.05, 0) is 12.8 Å². The highest BCUT2D eigenvalue weighted by molar-refractivity contribution is 5.80. The Morgan fingerprint density at radius 2 is 0.542 bits per heavy atom. The highest BCUT2D eigenvalue weighted by atomic mass is 16.3. The topological polar surface area (TPSA) is 89.8 Å². The van der Waals surface area contributed by atoms with Gasteiger partial charge in [0.05, 0.1) is 18.8 Å². The molecule has 4 N–H and O–H groups in total. The molecular weight excluding hydrogens is 727 g/mol. The van der Waals surface area contributed by atoms with Gasteiger partial charge in [0, 0.05) is 0 Å². The second kappa shape index (κ2) is 50.0. The fraction of sp³-hybridized carbons (Fsp3) is 0.981. The van der Waals surface area contributed by atoms with Gasteiger partial charge in [0.1, 0.15) is 6.10 Å². The van der Waals surface area contributed by atoms with E-state index in [9.17, 15) is 20.1 Å². The molecule has 0 heterocycles. The van der Waals surface area contributed by atoms with Crippen molar-refractivity contribution in [1.82, 2.24) is 5.32 Å². The molecule has 59 heavy (non-hydrogen) atoms. The summed E-state index contributed by atoms with van der Waals surface area (Å²) < 4.78 is 0. The summed E-state index contributed by atoms with van der Waals surface area (Å²) >= 11 is 0. The molecule has 0 aromatic heterocycles. The Bertz CT molecular complexity index is 792. The minimum absolute atomic E-state index is 0.307. The van der Waals surface area contributed by atoms with Crippen molar-refractivity contribution in [1.29, 1.82) is 0 Å². The molecule has 0 aliphatic carbocycles. The first-order valence-electron chi connectivity index (χ1n) is 27.3. The van der Waals surface area contributed by atoms with Gasteiger partial charge < -0.3 is 20.6 Å². The lowest BCUT2D eigenvalue weighted by Gasteiger charge is -2.23. The van der Waals surface area contributed by atoms with E-state index in [4.69, 9.17) is 0 Å². The molecule has 5 nitrogen and oxygen atoms in total. The summed E-state index contributed by atoms with van der Waals surface area (Å²) in [4.78, 5) is 12.6. The number of aliphatic hydroxyl groups is 3. The smallest absolute Gasteiger partial charge is 0.249 e. The van der Waals surface area contributed by atoms with Crippen molar-refractivity contribution >= 4 is 5.91 Å². The van der Waals surface area contributed by atoms with Crippen molar-refractivity contribution in [3.63, 3.8) is 0 Å². The van der Waals surface area contributed by atoms with E-state index in [0.29, 0.717) is 12.8 Å². The van der Waals surface area contributed by atoms with Crippen LogP contribution in [-0.4, -0.2) is 46.1 Å². The number of amides is 1. The van der Waals surface area contributed by atoms with Crippen molar-refractivity contribution < 1.29 is 20.1 Å². The SMILES string of the molecule is CCCCCCCCCCCCCCCCCCCCCCCCCC(O)C(CO)NC(=O)C(O)CCCCCCCCCCCCCCCCCCCCCCCC. The average molecular weight is 836 g/mol. The van der Waals surface area contributed by atoms with Crippen LogP contribution in [0.15, 0.2) is 0 Å². The molecule has 3 unspecified atom stereocenters. The first-order valence-corrected chi connectivity index (χ1v) is 27.3. The maximum absolute atomic E-state index is 12.6. The van der Waals surface area contributed by atoms with Gasteiger partial charge in [-0.25, -0.2) is 0 Å². The maximum atomic E-state index is 12.6. The summed E-state index contributed by atoms with van der Waals surface area (Å²) in [6, 6.07) is -0.707. The van der Waals surface area contributed by atoms with Crippen molar-refractivity contribution in [3.05, 3.63) is 0 Å². The van der Waals surface area contributed by atoms with Crippen LogP contribution in [0.4, 0.5) is 0 Å². The van der Waals surface area contributed by atoms with Gasteiger partial charge in [0.25, 0.3) is 0 Å². The van der Waals surface area contributed by atoms with Gasteiger partial charge in [-0.15, -0.1) is 0 Å². The summed E-state index contributed by atoms with van der Waals surface area (Å²) in [5.74, 6) is -0.462. The van der Waals surface area contributed by atoms with Crippen LogP contribution in [0, 0.1) is 0 Å². The number of hydrogen-bond acceptors (Lipinski definition) is 4. The second-order valence-corrected chi connectivity index (χ2v) is 19.2. The lowest BCUT2D eigenvalue weighted by atomic mass is 10.0. The Morgan fingerprint density at radius 1 is 0.339 bits per heavy atom. The van der Waals surface area contributed by atoms with E-state index in [2.05, 4.69) is 19.2 Å². The number of carbonyl (C=O) groups excluding carboxylic acids is 1. The van der Waals surface area contributed by atoms with Gasteiger partial charge in [-0.1, -0.05) is 303 Å². The van der Waals surface area contributed by atoms with Crippen LogP contribution in [0.3, 0.4) is 0 Å². The Hall–Kier alpha value is -0.650. The van der Waals surface area contributed by atoms with Crippen LogP contribution in [-0.2, 0) is 4.79 Å². The Kier molecular flexibility index (Phi) is 49.4. The van der Waals surface area contributed by atoms with Crippen LogP contribution in [0.2, 0.25) is 0 Å². The summed E-state index contributed by atoms with van der Waals surface area (Å²) in [6.07, 6.45) is 60.0. The number of nitrogens with one attached hydrogen (secondary N) is 1. The molecule has 1 amide bonds. The molecule has 0 spiro atoms. The van der Waals surface area contributed by atoms with E-state index in [1.165, 1.54) is 257 Å². The van der Waals surface area contributed by atoms with Crippen molar-refractivity contribution in [2.45, 2.75) is 334 Å². The zero-order chi connectivity index (χ0) is 43.0. The minimum Gasteiger partial charge on any atom is -0.394 e. The molecule has 0 saturated carbocycles. The number of carbonyl (C=O) groups is 1. The van der Waals surface area contributed by atoms with Crippen LogP contribution >= 0.6 is 0 Å². The summed E-state index contributed by atoms with van der Waals surface area (Å²) in [5.41, 5.74) is 0. The van der Waals surface area contributed by atoms with Gasteiger partial charge >= 0.3 is 0 Å². The van der Waals surface area contributed by atoms with Crippen LogP contribution in [0.1, 0.15) is 316 Å². The molecule has 0 aliphatic rings. The fourth-order valence-electron chi connectivity index (χ4n) is 8.96. The lowest BCUT2D eigenvalue weighted by molar-refractivity contribution is -0.131. The van der Waals surface area contributed by atoms with Crippen molar-refractivity contribution in [3.8, 4) is 0 Å². The average Bonchev–Trinajstić information content (AvgIpc) is 3.24. The molecule has 0 radical (unpaired) electrons. The standard InChI is InChI=1S/C54H109NO4/c1-3-5-7-9-11-13-15-17-19-21-23-25-27-29-30-32-34-36-38-40-42-44-46-48-52(57)51(50-56)55-54(59)53(58)49-47-45-43-41-39-37-35-33-31-28-26-24-22-20-18-16-14-12-10-8-6-4-2/h51-53,56-58H,3-50H2,1-2H3,(H,55,59). The van der Waals surface area contributed by atoms with Gasteiger partial charge in [-0.2, -0.15) is 0 Å².